The van der Waals surface area contributed by atoms with Gasteiger partial charge in [-0.25, -0.2) is 0 Å². The van der Waals surface area contributed by atoms with Gasteiger partial charge in [-0.05, 0) is 30.9 Å². The van der Waals surface area contributed by atoms with Crippen LogP contribution in [-0.4, -0.2) is 34.3 Å². The first kappa shape index (κ1) is 20.5. The van der Waals surface area contributed by atoms with Crippen molar-refractivity contribution in [2.24, 2.45) is 5.73 Å². The predicted octanol–water partition coefficient (Wildman–Crippen LogP) is 3.00. The zero-order valence-electron chi connectivity index (χ0n) is 16.2. The van der Waals surface area contributed by atoms with Gasteiger partial charge in [-0.2, -0.15) is 5.10 Å². The van der Waals surface area contributed by atoms with E-state index in [0.717, 1.165) is 23.9 Å². The van der Waals surface area contributed by atoms with Gasteiger partial charge in [-0.3, -0.25) is 18.7 Å². The van der Waals surface area contributed by atoms with Crippen LogP contribution in [0.25, 0.3) is 10.9 Å². The number of fused-ring (bicyclic) bond motifs is 1. The van der Waals surface area contributed by atoms with Crippen LogP contribution in [0.15, 0.2) is 54.6 Å². The fraction of sp³-hybridized carbons (Fsp3) is 0.318. The van der Waals surface area contributed by atoms with E-state index in [1.54, 1.807) is 4.68 Å². The van der Waals surface area contributed by atoms with Crippen LogP contribution in [0.5, 0.6) is 0 Å². The van der Waals surface area contributed by atoms with Crippen molar-refractivity contribution in [1.29, 1.82) is 0 Å². The summed E-state index contributed by atoms with van der Waals surface area (Å²) >= 11 is 0. The maximum absolute atomic E-state index is 12.9. The number of nitrogens with two attached hydrogens (primary N) is 1. The quantitative estimate of drug-likeness (QED) is 0.516. The van der Waals surface area contributed by atoms with E-state index in [2.05, 4.69) is 10.4 Å². The van der Waals surface area contributed by atoms with Crippen LogP contribution >= 0.6 is 0 Å². The molecule has 0 aliphatic rings. The minimum atomic E-state index is -0.835. The number of alkyl halides is 1. The Labute approximate surface area is 168 Å². The molecule has 1 heterocycles. The topological polar surface area (TPSA) is 90.0 Å². The molecule has 0 radical (unpaired) electrons. The maximum Gasteiger partial charge on any atom is 0.273 e. The van der Waals surface area contributed by atoms with E-state index in [1.807, 2.05) is 54.6 Å². The Kier molecular flexibility index (Phi) is 6.94. The molecule has 7 heteroatoms. The molecular formula is C22H25FN4O2. The van der Waals surface area contributed by atoms with Gasteiger partial charge in [0.15, 0.2) is 5.69 Å². The van der Waals surface area contributed by atoms with Crippen molar-refractivity contribution >= 4 is 22.7 Å². The molecule has 152 valence electrons. The standard InChI is InChI=1S/C22H25FN4O2/c23-13-7-2-8-14-27-19-12-6-5-11-17(19)20(26-27)22(29)25-18(21(24)28)15-16-9-3-1-4-10-16/h1,3-6,9-12,18H,2,7-8,13-15H2,(H2,24,28)(H,25,29)/t18-/m0/s1. The second-order valence-corrected chi connectivity index (χ2v) is 6.96. The van der Waals surface area contributed by atoms with E-state index in [-0.39, 0.29) is 12.4 Å². The number of para-hydroxylation sites is 1. The molecule has 29 heavy (non-hydrogen) atoms. The molecular weight excluding hydrogens is 371 g/mol. The predicted molar refractivity (Wildman–Crippen MR) is 110 cm³/mol. The SMILES string of the molecule is NC(=O)[C@H](Cc1ccccc1)NC(=O)c1nn(CCCCCF)c2ccccc12. The number of benzene rings is 2. The number of hydrogen-bond donors (Lipinski definition) is 2. The molecule has 0 aliphatic carbocycles. The second-order valence-electron chi connectivity index (χ2n) is 6.96. The number of halogens is 1. The van der Waals surface area contributed by atoms with Gasteiger partial charge >= 0.3 is 0 Å². The maximum atomic E-state index is 12.9. The molecule has 2 aromatic carbocycles. The molecule has 1 atom stereocenters. The summed E-state index contributed by atoms with van der Waals surface area (Å²) in [7, 11) is 0. The Morgan fingerprint density at radius 1 is 1.03 bits per heavy atom. The van der Waals surface area contributed by atoms with Gasteiger partial charge in [0.1, 0.15) is 6.04 Å². The highest BCUT2D eigenvalue weighted by molar-refractivity contribution is 6.06. The smallest absolute Gasteiger partial charge is 0.273 e. The normalized spacial score (nSPS) is 12.0. The van der Waals surface area contributed by atoms with Crippen molar-refractivity contribution in [3.05, 3.63) is 65.9 Å². The number of rotatable bonds is 10. The minimum Gasteiger partial charge on any atom is -0.368 e. The van der Waals surface area contributed by atoms with Crippen molar-refractivity contribution in [3.8, 4) is 0 Å². The molecule has 0 spiro atoms. The summed E-state index contributed by atoms with van der Waals surface area (Å²) in [6.45, 7) is 0.264. The third kappa shape index (κ3) is 5.19. The molecule has 2 amide bonds. The number of unbranched alkanes of at least 4 members (excludes halogenated alkanes) is 2. The largest absolute Gasteiger partial charge is 0.368 e. The molecule has 0 unspecified atom stereocenters. The van der Waals surface area contributed by atoms with Gasteiger partial charge in [0.25, 0.3) is 5.91 Å². The Hall–Kier alpha value is -3.22. The lowest BCUT2D eigenvalue weighted by atomic mass is 10.1. The fourth-order valence-corrected chi connectivity index (χ4v) is 3.30. The number of nitrogens with one attached hydrogen (secondary N) is 1. The Morgan fingerprint density at radius 2 is 1.76 bits per heavy atom. The molecule has 3 aromatic rings. The number of primary amides is 1. The lowest BCUT2D eigenvalue weighted by Gasteiger charge is -2.15. The number of carbonyl (C=O) groups excluding carboxylic acids is 2. The lowest BCUT2D eigenvalue weighted by Crippen LogP contribution is -2.46. The van der Waals surface area contributed by atoms with Crippen molar-refractivity contribution in [1.82, 2.24) is 15.1 Å². The zero-order chi connectivity index (χ0) is 20.6. The summed E-state index contributed by atoms with van der Waals surface area (Å²) in [5.41, 5.74) is 7.50. The molecule has 0 fully saturated rings. The van der Waals surface area contributed by atoms with Crippen LogP contribution < -0.4 is 11.1 Å². The van der Waals surface area contributed by atoms with Crippen LogP contribution in [0.2, 0.25) is 0 Å². The van der Waals surface area contributed by atoms with E-state index in [0.29, 0.717) is 24.8 Å². The molecule has 0 saturated carbocycles. The molecule has 0 saturated heterocycles. The summed E-state index contributed by atoms with van der Waals surface area (Å²) in [4.78, 5) is 24.8. The fourth-order valence-electron chi connectivity index (χ4n) is 3.30. The van der Waals surface area contributed by atoms with Crippen LogP contribution in [0.1, 0.15) is 35.3 Å². The van der Waals surface area contributed by atoms with Crippen molar-refractivity contribution in [3.63, 3.8) is 0 Å². The Morgan fingerprint density at radius 3 is 2.48 bits per heavy atom. The van der Waals surface area contributed by atoms with Gasteiger partial charge in [-0.1, -0.05) is 48.5 Å². The van der Waals surface area contributed by atoms with Gasteiger partial charge in [0.2, 0.25) is 5.91 Å². The first-order valence-corrected chi connectivity index (χ1v) is 9.75. The van der Waals surface area contributed by atoms with Crippen molar-refractivity contribution in [2.75, 3.05) is 6.67 Å². The summed E-state index contributed by atoms with van der Waals surface area (Å²) in [6, 6.07) is 16.0. The minimum absolute atomic E-state index is 0.255. The summed E-state index contributed by atoms with van der Waals surface area (Å²) in [5.74, 6) is -1.04. The number of aromatic nitrogens is 2. The summed E-state index contributed by atoms with van der Waals surface area (Å²) in [6.07, 6.45) is 2.36. The average molecular weight is 396 g/mol. The zero-order valence-corrected chi connectivity index (χ0v) is 16.2. The Bertz CT molecular complexity index is 971. The van der Waals surface area contributed by atoms with E-state index in [4.69, 9.17) is 5.73 Å². The highest BCUT2D eigenvalue weighted by Gasteiger charge is 2.23. The number of carbonyl (C=O) groups is 2. The van der Waals surface area contributed by atoms with Crippen LogP contribution in [0, 0.1) is 0 Å². The number of hydrogen-bond acceptors (Lipinski definition) is 3. The van der Waals surface area contributed by atoms with Gasteiger partial charge in [0, 0.05) is 18.4 Å². The molecule has 1 aromatic heterocycles. The van der Waals surface area contributed by atoms with Crippen LogP contribution in [-0.2, 0) is 17.8 Å². The molecule has 3 rings (SSSR count). The van der Waals surface area contributed by atoms with Crippen molar-refractivity contribution < 1.29 is 14.0 Å². The average Bonchev–Trinajstić information content (AvgIpc) is 3.10. The van der Waals surface area contributed by atoms with Crippen molar-refractivity contribution in [2.45, 2.75) is 38.3 Å². The third-order valence-corrected chi connectivity index (χ3v) is 4.81. The third-order valence-electron chi connectivity index (χ3n) is 4.81. The highest BCUT2D eigenvalue weighted by Crippen LogP contribution is 2.19. The number of amides is 2. The summed E-state index contributed by atoms with van der Waals surface area (Å²) < 4.78 is 14.1. The van der Waals surface area contributed by atoms with Gasteiger partial charge in [0.05, 0.1) is 12.2 Å². The van der Waals surface area contributed by atoms with Crippen LogP contribution in [0.3, 0.4) is 0 Å². The first-order chi connectivity index (χ1) is 14.1. The van der Waals surface area contributed by atoms with E-state index in [9.17, 15) is 14.0 Å². The Balaban J connectivity index is 1.79. The highest BCUT2D eigenvalue weighted by atomic mass is 19.1. The van der Waals surface area contributed by atoms with Gasteiger partial charge < -0.3 is 11.1 Å². The van der Waals surface area contributed by atoms with Crippen LogP contribution in [0.4, 0.5) is 4.39 Å². The monoisotopic (exact) mass is 396 g/mol. The lowest BCUT2D eigenvalue weighted by molar-refractivity contribution is -0.119. The molecule has 0 bridgehead atoms. The molecule has 0 aliphatic heterocycles. The van der Waals surface area contributed by atoms with Gasteiger partial charge in [-0.15, -0.1) is 0 Å². The summed E-state index contributed by atoms with van der Waals surface area (Å²) in [5, 5.41) is 7.90. The number of aryl methyl sites for hydroxylation is 1. The molecule has 6 nitrogen and oxygen atoms in total. The molecule has 3 N–H and O–H groups in total. The van der Waals surface area contributed by atoms with E-state index in [1.165, 1.54) is 0 Å². The second kappa shape index (κ2) is 9.82. The first-order valence-electron chi connectivity index (χ1n) is 9.75. The van der Waals surface area contributed by atoms with E-state index < -0.39 is 17.9 Å². The van der Waals surface area contributed by atoms with E-state index >= 15 is 0 Å². The number of nitrogens with zero attached hydrogens (tertiary/aromatic N) is 2.